The summed E-state index contributed by atoms with van der Waals surface area (Å²) in [6, 6.07) is 10.8. The molecule has 0 aliphatic carbocycles. The first-order valence-corrected chi connectivity index (χ1v) is 6.11. The highest BCUT2D eigenvalue weighted by atomic mass is 35.5. The molecule has 0 fully saturated rings. The van der Waals surface area contributed by atoms with Gasteiger partial charge in [0.1, 0.15) is 12.4 Å². The van der Waals surface area contributed by atoms with E-state index >= 15 is 0 Å². The molecule has 2 N–H and O–H groups in total. The fourth-order valence-corrected chi connectivity index (χ4v) is 2.19. The third-order valence-electron chi connectivity index (χ3n) is 2.95. The molecular formula is C14H13ClO3. The fraction of sp³-hybridized carbons (Fsp3) is 0.214. The van der Waals surface area contributed by atoms with E-state index < -0.39 is 12.2 Å². The van der Waals surface area contributed by atoms with Crippen LogP contribution in [-0.2, 0) is 0 Å². The second-order valence-electron chi connectivity index (χ2n) is 4.07. The summed E-state index contributed by atoms with van der Waals surface area (Å²) in [6.07, 6.45) is -1.60. The van der Waals surface area contributed by atoms with Gasteiger partial charge in [-0.15, -0.1) is 11.6 Å². The van der Waals surface area contributed by atoms with Crippen LogP contribution in [0.2, 0.25) is 0 Å². The van der Waals surface area contributed by atoms with E-state index in [0.29, 0.717) is 17.4 Å². The van der Waals surface area contributed by atoms with Gasteiger partial charge in [-0.25, -0.2) is 0 Å². The van der Waals surface area contributed by atoms with Gasteiger partial charge >= 0.3 is 0 Å². The lowest BCUT2D eigenvalue weighted by Gasteiger charge is -2.19. The number of aldehydes is 1. The van der Waals surface area contributed by atoms with Gasteiger partial charge in [0, 0.05) is 11.1 Å². The van der Waals surface area contributed by atoms with Crippen molar-refractivity contribution in [1.82, 2.24) is 0 Å². The molecule has 0 bridgehead atoms. The van der Waals surface area contributed by atoms with Gasteiger partial charge < -0.3 is 10.2 Å². The van der Waals surface area contributed by atoms with Crippen molar-refractivity contribution < 1.29 is 15.0 Å². The number of benzene rings is 2. The van der Waals surface area contributed by atoms with E-state index in [9.17, 15) is 15.0 Å². The quantitative estimate of drug-likeness (QED) is 0.658. The van der Waals surface area contributed by atoms with Crippen molar-refractivity contribution in [3.8, 4) is 0 Å². The molecule has 0 aromatic heterocycles. The summed E-state index contributed by atoms with van der Waals surface area (Å²) in [5.74, 6) is -0.0946. The Morgan fingerprint density at radius 3 is 2.56 bits per heavy atom. The number of carbonyl (C=O) groups is 1. The van der Waals surface area contributed by atoms with Gasteiger partial charge in [-0.2, -0.15) is 0 Å². The van der Waals surface area contributed by atoms with Gasteiger partial charge in [-0.1, -0.05) is 36.4 Å². The molecule has 0 aliphatic rings. The van der Waals surface area contributed by atoms with Gasteiger partial charge in [0.25, 0.3) is 0 Å². The largest absolute Gasteiger partial charge is 0.389 e. The molecular weight excluding hydrogens is 252 g/mol. The van der Waals surface area contributed by atoms with Crippen molar-refractivity contribution in [2.75, 3.05) is 5.88 Å². The van der Waals surface area contributed by atoms with Gasteiger partial charge in [-0.3, -0.25) is 4.79 Å². The molecule has 2 unspecified atom stereocenters. The lowest BCUT2D eigenvalue weighted by Crippen LogP contribution is -2.21. The zero-order valence-corrected chi connectivity index (χ0v) is 10.3. The number of halogens is 1. The summed E-state index contributed by atoms with van der Waals surface area (Å²) in [5, 5.41) is 21.4. The number of hydrogen-bond donors (Lipinski definition) is 2. The van der Waals surface area contributed by atoms with Gasteiger partial charge in [0.05, 0.1) is 12.0 Å². The van der Waals surface area contributed by atoms with Crippen LogP contribution in [0.4, 0.5) is 0 Å². The monoisotopic (exact) mass is 264 g/mol. The Labute approximate surface area is 110 Å². The molecule has 2 aromatic rings. The Bertz CT molecular complexity index is 568. The summed E-state index contributed by atoms with van der Waals surface area (Å²) in [4.78, 5) is 11.1. The molecule has 94 valence electrons. The number of fused-ring (bicyclic) bond motifs is 1. The van der Waals surface area contributed by atoms with E-state index in [-0.39, 0.29) is 5.88 Å². The van der Waals surface area contributed by atoms with Crippen LogP contribution >= 0.6 is 11.6 Å². The predicted octanol–water partition coefficient (Wildman–Crippen LogP) is 2.29. The Balaban J connectivity index is 2.68. The van der Waals surface area contributed by atoms with Crippen LogP contribution in [0.1, 0.15) is 22.0 Å². The van der Waals surface area contributed by atoms with Crippen molar-refractivity contribution in [1.29, 1.82) is 0 Å². The van der Waals surface area contributed by atoms with Crippen LogP contribution in [0.15, 0.2) is 36.4 Å². The number of aliphatic hydroxyl groups is 2. The van der Waals surface area contributed by atoms with Crippen molar-refractivity contribution in [3.05, 3.63) is 47.5 Å². The SMILES string of the molecule is O=Cc1ccc2ccccc2c1C(O)C(O)CCl. The van der Waals surface area contributed by atoms with Crippen LogP contribution in [0, 0.1) is 0 Å². The summed E-state index contributed by atoms with van der Waals surface area (Å²) < 4.78 is 0. The van der Waals surface area contributed by atoms with Gasteiger partial charge in [0.2, 0.25) is 0 Å². The molecule has 0 aliphatic heterocycles. The number of alkyl halides is 1. The molecule has 0 saturated carbocycles. The summed E-state index contributed by atoms with van der Waals surface area (Å²) in [5.41, 5.74) is 0.793. The molecule has 2 aromatic carbocycles. The highest BCUT2D eigenvalue weighted by molar-refractivity contribution is 6.18. The molecule has 3 nitrogen and oxygen atoms in total. The van der Waals surface area contributed by atoms with Crippen LogP contribution in [0.3, 0.4) is 0 Å². The van der Waals surface area contributed by atoms with Crippen LogP contribution in [0.25, 0.3) is 10.8 Å². The zero-order chi connectivity index (χ0) is 13.1. The van der Waals surface area contributed by atoms with Crippen LogP contribution < -0.4 is 0 Å². The average Bonchev–Trinajstić information content (AvgIpc) is 2.44. The first-order chi connectivity index (χ1) is 8.69. The van der Waals surface area contributed by atoms with Crippen molar-refractivity contribution in [2.24, 2.45) is 0 Å². The molecule has 2 atom stereocenters. The van der Waals surface area contributed by atoms with Crippen LogP contribution in [0.5, 0.6) is 0 Å². The van der Waals surface area contributed by atoms with Crippen molar-refractivity contribution in [2.45, 2.75) is 12.2 Å². The first-order valence-electron chi connectivity index (χ1n) is 5.58. The van der Waals surface area contributed by atoms with Crippen molar-refractivity contribution in [3.63, 3.8) is 0 Å². The second kappa shape index (κ2) is 5.48. The molecule has 0 spiro atoms. The lowest BCUT2D eigenvalue weighted by molar-refractivity contribution is 0.0332. The van der Waals surface area contributed by atoms with E-state index in [4.69, 9.17) is 11.6 Å². The smallest absolute Gasteiger partial charge is 0.150 e. The number of hydrogen-bond acceptors (Lipinski definition) is 3. The fourth-order valence-electron chi connectivity index (χ4n) is 2.02. The first kappa shape index (κ1) is 13.0. The van der Waals surface area contributed by atoms with E-state index in [2.05, 4.69) is 0 Å². The Morgan fingerprint density at radius 1 is 1.17 bits per heavy atom. The second-order valence-corrected chi connectivity index (χ2v) is 4.38. The number of aliphatic hydroxyl groups excluding tert-OH is 2. The van der Waals surface area contributed by atoms with Crippen LogP contribution in [-0.4, -0.2) is 28.5 Å². The van der Waals surface area contributed by atoms with Crippen molar-refractivity contribution >= 4 is 28.7 Å². The van der Waals surface area contributed by atoms with Gasteiger partial charge in [-0.05, 0) is 10.8 Å². The highest BCUT2D eigenvalue weighted by Crippen LogP contribution is 2.29. The molecule has 0 heterocycles. The molecule has 0 amide bonds. The third-order valence-corrected chi connectivity index (χ3v) is 3.27. The van der Waals surface area contributed by atoms with E-state index in [0.717, 1.165) is 10.8 Å². The van der Waals surface area contributed by atoms with E-state index in [1.807, 2.05) is 30.3 Å². The maximum atomic E-state index is 11.1. The molecule has 2 rings (SSSR count). The minimum atomic E-state index is -1.17. The van der Waals surface area contributed by atoms with E-state index in [1.165, 1.54) is 0 Å². The predicted molar refractivity (Wildman–Crippen MR) is 71.0 cm³/mol. The Hall–Kier alpha value is -1.42. The lowest BCUT2D eigenvalue weighted by atomic mass is 9.93. The van der Waals surface area contributed by atoms with Gasteiger partial charge in [0.15, 0.2) is 0 Å². The minimum absolute atomic E-state index is 0.0946. The maximum absolute atomic E-state index is 11.1. The number of rotatable bonds is 4. The molecule has 0 saturated heterocycles. The summed E-state index contributed by atoms with van der Waals surface area (Å²) >= 11 is 5.55. The third kappa shape index (κ3) is 2.25. The zero-order valence-electron chi connectivity index (χ0n) is 9.58. The standard InChI is InChI=1S/C14H13ClO3/c15-7-12(17)14(18)13-10(8-16)6-5-9-3-1-2-4-11(9)13/h1-6,8,12,14,17-18H,7H2. The molecule has 0 radical (unpaired) electrons. The Morgan fingerprint density at radius 2 is 1.89 bits per heavy atom. The highest BCUT2D eigenvalue weighted by Gasteiger charge is 2.22. The number of carbonyl (C=O) groups excluding carboxylic acids is 1. The average molecular weight is 265 g/mol. The molecule has 4 heteroatoms. The summed E-state index contributed by atoms with van der Waals surface area (Å²) in [6.45, 7) is 0. The normalized spacial score (nSPS) is 14.4. The minimum Gasteiger partial charge on any atom is -0.389 e. The summed E-state index contributed by atoms with van der Waals surface area (Å²) in [7, 11) is 0. The Kier molecular flexibility index (Phi) is 3.97. The molecule has 18 heavy (non-hydrogen) atoms. The topological polar surface area (TPSA) is 57.5 Å². The van der Waals surface area contributed by atoms with E-state index in [1.54, 1.807) is 6.07 Å². The maximum Gasteiger partial charge on any atom is 0.150 e.